The molecule has 0 bridgehead atoms. The topological polar surface area (TPSA) is 92.5 Å². The first-order valence-electron chi connectivity index (χ1n) is 8.26. The maximum Gasteiger partial charge on any atom is 0.306 e. The van der Waals surface area contributed by atoms with Gasteiger partial charge in [-0.3, -0.25) is 10.1 Å². The Bertz CT molecular complexity index is 1060. The highest BCUT2D eigenvalue weighted by Gasteiger charge is 2.32. The first kappa shape index (κ1) is 16.9. The molecule has 3 heterocycles. The zero-order chi connectivity index (χ0) is 18.9. The van der Waals surface area contributed by atoms with Crippen LogP contribution in [0.3, 0.4) is 0 Å². The van der Waals surface area contributed by atoms with Crippen LogP contribution in [0.2, 0.25) is 0 Å². The Labute approximate surface area is 153 Å². The smallest absolute Gasteiger partial charge is 0.306 e. The number of aromatic nitrogens is 4. The number of fused-ring (bicyclic) bond motifs is 1. The third-order valence-corrected chi connectivity index (χ3v) is 4.18. The SMILES string of the molecule is Nc1cc(NCC(F)(F)c2ccccn2)c2ccc(-c3ccn[nH]3)cc2n1. The van der Waals surface area contributed by atoms with E-state index in [0.717, 1.165) is 11.3 Å². The molecule has 1 aromatic carbocycles. The summed E-state index contributed by atoms with van der Waals surface area (Å²) in [4.78, 5) is 8.06. The van der Waals surface area contributed by atoms with Crippen LogP contribution in [-0.4, -0.2) is 26.7 Å². The van der Waals surface area contributed by atoms with Gasteiger partial charge in [-0.25, -0.2) is 4.98 Å². The number of benzene rings is 1. The number of nitrogens with one attached hydrogen (secondary N) is 2. The van der Waals surface area contributed by atoms with E-state index in [0.29, 0.717) is 16.6 Å². The number of nitrogens with zero attached hydrogens (tertiary/aromatic N) is 3. The van der Waals surface area contributed by atoms with E-state index in [2.05, 4.69) is 25.5 Å². The molecule has 136 valence electrons. The summed E-state index contributed by atoms with van der Waals surface area (Å²) in [5.74, 6) is -2.88. The number of alkyl halides is 2. The predicted octanol–water partition coefficient (Wildman–Crippen LogP) is 3.81. The number of anilines is 2. The Morgan fingerprint density at radius 2 is 1.96 bits per heavy atom. The number of nitrogens with two attached hydrogens (primary N) is 1. The van der Waals surface area contributed by atoms with Crippen LogP contribution in [-0.2, 0) is 5.92 Å². The van der Waals surface area contributed by atoms with Crippen molar-refractivity contribution in [2.24, 2.45) is 0 Å². The zero-order valence-electron chi connectivity index (χ0n) is 14.2. The van der Waals surface area contributed by atoms with E-state index in [1.807, 2.05) is 24.3 Å². The van der Waals surface area contributed by atoms with Crippen molar-refractivity contribution >= 4 is 22.4 Å². The highest BCUT2D eigenvalue weighted by atomic mass is 19.3. The largest absolute Gasteiger partial charge is 0.384 e. The lowest BCUT2D eigenvalue weighted by molar-refractivity contribution is 0.00603. The number of pyridine rings is 2. The molecule has 4 rings (SSSR count). The van der Waals surface area contributed by atoms with E-state index in [1.165, 1.54) is 18.3 Å². The van der Waals surface area contributed by atoms with Crippen molar-refractivity contribution in [2.45, 2.75) is 5.92 Å². The molecular formula is C19H16F2N6. The van der Waals surface area contributed by atoms with Gasteiger partial charge in [-0.2, -0.15) is 13.9 Å². The molecule has 4 N–H and O–H groups in total. The van der Waals surface area contributed by atoms with Gasteiger partial charge in [-0.1, -0.05) is 18.2 Å². The molecule has 0 fully saturated rings. The number of hydrogen-bond acceptors (Lipinski definition) is 5. The van der Waals surface area contributed by atoms with Crippen LogP contribution in [0, 0.1) is 0 Å². The highest BCUT2D eigenvalue weighted by molar-refractivity contribution is 5.95. The molecule has 4 aromatic rings. The number of hydrogen-bond donors (Lipinski definition) is 3. The second-order valence-corrected chi connectivity index (χ2v) is 6.07. The Morgan fingerprint density at radius 3 is 2.70 bits per heavy atom. The summed E-state index contributed by atoms with van der Waals surface area (Å²) in [5, 5.41) is 10.3. The standard InChI is InChI=1S/C19H16F2N6/c20-19(21,17-3-1-2-7-23-17)11-24-15-10-18(22)26-16-9-12(4-5-13(15)16)14-6-8-25-27-14/h1-10H,11H2,(H,25,27)(H3,22,24,26). The van der Waals surface area contributed by atoms with E-state index in [4.69, 9.17) is 5.73 Å². The molecule has 0 aliphatic rings. The fourth-order valence-electron chi connectivity index (χ4n) is 2.86. The summed E-state index contributed by atoms with van der Waals surface area (Å²) in [6.45, 7) is -0.606. The lowest BCUT2D eigenvalue weighted by atomic mass is 10.1. The number of rotatable bonds is 5. The summed E-state index contributed by atoms with van der Waals surface area (Å²) in [6, 6.07) is 13.3. The van der Waals surface area contributed by atoms with Crippen molar-refractivity contribution in [1.29, 1.82) is 0 Å². The van der Waals surface area contributed by atoms with Gasteiger partial charge >= 0.3 is 5.92 Å². The van der Waals surface area contributed by atoms with E-state index in [-0.39, 0.29) is 11.5 Å². The van der Waals surface area contributed by atoms with Gasteiger partial charge in [0.1, 0.15) is 11.5 Å². The summed E-state index contributed by atoms with van der Waals surface area (Å²) >= 11 is 0. The molecule has 27 heavy (non-hydrogen) atoms. The molecule has 0 aliphatic carbocycles. The third kappa shape index (κ3) is 3.41. The van der Waals surface area contributed by atoms with Crippen LogP contribution in [0.15, 0.2) is 60.9 Å². The maximum atomic E-state index is 14.4. The van der Waals surface area contributed by atoms with Gasteiger partial charge in [0.05, 0.1) is 17.8 Å². The predicted molar refractivity (Wildman–Crippen MR) is 100 cm³/mol. The van der Waals surface area contributed by atoms with Gasteiger partial charge in [0.2, 0.25) is 0 Å². The maximum absolute atomic E-state index is 14.4. The van der Waals surface area contributed by atoms with E-state index in [9.17, 15) is 8.78 Å². The van der Waals surface area contributed by atoms with Crippen LogP contribution in [0.5, 0.6) is 0 Å². The van der Waals surface area contributed by atoms with Crippen molar-refractivity contribution < 1.29 is 8.78 Å². The van der Waals surface area contributed by atoms with Gasteiger partial charge in [0.25, 0.3) is 0 Å². The Hall–Kier alpha value is -3.55. The molecule has 0 spiro atoms. The van der Waals surface area contributed by atoms with Crippen molar-refractivity contribution in [1.82, 2.24) is 20.2 Å². The Balaban J connectivity index is 1.65. The minimum absolute atomic E-state index is 0.243. The molecule has 0 saturated carbocycles. The average Bonchev–Trinajstić information content (AvgIpc) is 3.21. The lowest BCUT2D eigenvalue weighted by Crippen LogP contribution is -2.26. The van der Waals surface area contributed by atoms with Gasteiger partial charge in [-0.05, 0) is 24.3 Å². The van der Waals surface area contributed by atoms with Crippen molar-refractivity contribution in [3.63, 3.8) is 0 Å². The molecule has 0 atom stereocenters. The molecule has 3 aromatic heterocycles. The van der Waals surface area contributed by atoms with Gasteiger partial charge < -0.3 is 11.1 Å². The van der Waals surface area contributed by atoms with Crippen molar-refractivity contribution in [2.75, 3.05) is 17.6 Å². The molecular weight excluding hydrogens is 350 g/mol. The Morgan fingerprint density at radius 1 is 1.07 bits per heavy atom. The highest BCUT2D eigenvalue weighted by Crippen LogP contribution is 2.31. The second kappa shape index (κ2) is 6.64. The van der Waals surface area contributed by atoms with Crippen molar-refractivity contribution in [3.8, 4) is 11.3 Å². The van der Waals surface area contributed by atoms with Crippen LogP contribution in [0.4, 0.5) is 20.3 Å². The zero-order valence-corrected chi connectivity index (χ0v) is 14.2. The third-order valence-electron chi connectivity index (χ3n) is 4.18. The minimum atomic E-state index is -3.12. The molecule has 8 heteroatoms. The van der Waals surface area contributed by atoms with E-state index in [1.54, 1.807) is 18.3 Å². The summed E-state index contributed by atoms with van der Waals surface area (Å²) in [6.07, 6.45) is 3.00. The van der Waals surface area contributed by atoms with Gasteiger partial charge in [0.15, 0.2) is 0 Å². The second-order valence-electron chi connectivity index (χ2n) is 6.07. The summed E-state index contributed by atoms with van der Waals surface area (Å²) < 4.78 is 28.8. The molecule has 0 aliphatic heterocycles. The number of H-pyrrole nitrogens is 1. The first-order valence-corrected chi connectivity index (χ1v) is 8.26. The number of aromatic amines is 1. The average molecular weight is 366 g/mol. The Kier molecular flexibility index (Phi) is 4.15. The molecule has 0 saturated heterocycles. The van der Waals surface area contributed by atoms with Crippen molar-refractivity contribution in [3.05, 3.63) is 66.6 Å². The normalized spacial score (nSPS) is 11.6. The number of nitrogen functional groups attached to an aromatic ring is 1. The van der Waals surface area contributed by atoms with Crippen LogP contribution in [0.25, 0.3) is 22.2 Å². The van der Waals surface area contributed by atoms with Crippen LogP contribution < -0.4 is 11.1 Å². The summed E-state index contributed by atoms with van der Waals surface area (Å²) in [7, 11) is 0. The fraction of sp³-hybridized carbons (Fsp3) is 0.105. The van der Waals surface area contributed by atoms with Gasteiger partial charge in [-0.15, -0.1) is 0 Å². The van der Waals surface area contributed by atoms with E-state index >= 15 is 0 Å². The molecule has 6 nitrogen and oxygen atoms in total. The fourth-order valence-corrected chi connectivity index (χ4v) is 2.86. The minimum Gasteiger partial charge on any atom is -0.384 e. The first-order chi connectivity index (χ1) is 13.0. The quantitative estimate of drug-likeness (QED) is 0.499. The molecule has 0 amide bonds. The molecule has 0 radical (unpaired) electrons. The molecule has 0 unspecified atom stereocenters. The summed E-state index contributed by atoms with van der Waals surface area (Å²) in [5.41, 5.74) is 8.39. The van der Waals surface area contributed by atoms with Crippen LogP contribution >= 0.6 is 0 Å². The van der Waals surface area contributed by atoms with Gasteiger partial charge in [0, 0.05) is 35.1 Å². The lowest BCUT2D eigenvalue weighted by Gasteiger charge is -2.18. The number of halogens is 2. The monoisotopic (exact) mass is 366 g/mol. The van der Waals surface area contributed by atoms with E-state index < -0.39 is 12.5 Å². The van der Waals surface area contributed by atoms with Crippen LogP contribution in [0.1, 0.15) is 5.69 Å².